The van der Waals surface area contributed by atoms with Crippen molar-refractivity contribution >= 4 is 30.8 Å². The molecule has 21 heavy (non-hydrogen) atoms. The van der Waals surface area contributed by atoms with Gasteiger partial charge in [0.05, 0.1) is 5.41 Å². The molecular formula is C15H24Cl2N2O2. The summed E-state index contributed by atoms with van der Waals surface area (Å²) < 4.78 is 0. The fourth-order valence-corrected chi connectivity index (χ4v) is 2.84. The molecule has 4 nitrogen and oxygen atoms in total. The summed E-state index contributed by atoms with van der Waals surface area (Å²) in [4.78, 5) is 14.0. The van der Waals surface area contributed by atoms with E-state index in [-0.39, 0.29) is 24.8 Å². The zero-order valence-corrected chi connectivity index (χ0v) is 13.7. The summed E-state index contributed by atoms with van der Waals surface area (Å²) in [6, 6.07) is 9.91. The Hall–Kier alpha value is -0.810. The molecule has 0 bridgehead atoms. The van der Waals surface area contributed by atoms with Crippen LogP contribution in [0.5, 0.6) is 0 Å². The van der Waals surface area contributed by atoms with Gasteiger partial charge in [-0.05, 0) is 37.9 Å². The molecule has 0 amide bonds. The molecule has 1 fully saturated rings. The number of carboxylic acids is 1. The van der Waals surface area contributed by atoms with Crippen LogP contribution in [0.3, 0.4) is 0 Å². The minimum Gasteiger partial charge on any atom is -0.481 e. The molecule has 1 aromatic rings. The van der Waals surface area contributed by atoms with Crippen molar-refractivity contribution < 1.29 is 9.90 Å². The molecule has 1 aromatic carbocycles. The van der Waals surface area contributed by atoms with Gasteiger partial charge in [-0.1, -0.05) is 30.3 Å². The van der Waals surface area contributed by atoms with Crippen LogP contribution in [-0.2, 0) is 11.2 Å². The molecule has 0 spiro atoms. The molecule has 0 aliphatic carbocycles. The summed E-state index contributed by atoms with van der Waals surface area (Å²) in [7, 11) is 0. The third kappa shape index (κ3) is 5.15. The highest BCUT2D eigenvalue weighted by Gasteiger charge is 2.41. The summed E-state index contributed by atoms with van der Waals surface area (Å²) in [6.45, 7) is 3.16. The Morgan fingerprint density at radius 3 is 2.24 bits per heavy atom. The summed E-state index contributed by atoms with van der Waals surface area (Å²) >= 11 is 0. The number of likely N-dealkylation sites (tertiary alicyclic amines) is 1. The molecular weight excluding hydrogens is 311 g/mol. The number of hydrogen-bond acceptors (Lipinski definition) is 3. The minimum atomic E-state index is -0.663. The molecule has 6 heteroatoms. The van der Waals surface area contributed by atoms with Crippen LogP contribution < -0.4 is 5.73 Å². The van der Waals surface area contributed by atoms with E-state index >= 15 is 0 Å². The maximum atomic E-state index is 11.7. The lowest BCUT2D eigenvalue weighted by molar-refractivity contribution is -0.152. The summed E-state index contributed by atoms with van der Waals surface area (Å²) in [5.74, 6) is -0.663. The first kappa shape index (κ1) is 20.2. The second-order valence-corrected chi connectivity index (χ2v) is 5.38. The van der Waals surface area contributed by atoms with Gasteiger partial charge in [-0.25, -0.2) is 0 Å². The van der Waals surface area contributed by atoms with E-state index in [1.165, 1.54) is 0 Å². The smallest absolute Gasteiger partial charge is 0.310 e. The Morgan fingerprint density at radius 2 is 1.76 bits per heavy atom. The van der Waals surface area contributed by atoms with Gasteiger partial charge in [0.1, 0.15) is 0 Å². The fraction of sp³-hybridized carbons (Fsp3) is 0.533. The normalized spacial score (nSPS) is 17.4. The second-order valence-electron chi connectivity index (χ2n) is 5.38. The summed E-state index contributed by atoms with van der Waals surface area (Å²) in [5.41, 5.74) is 6.06. The van der Waals surface area contributed by atoms with E-state index in [1.807, 2.05) is 30.3 Å². The first-order valence-electron chi connectivity index (χ1n) is 6.86. The van der Waals surface area contributed by atoms with E-state index in [0.29, 0.717) is 25.8 Å². The van der Waals surface area contributed by atoms with Crippen molar-refractivity contribution in [3.8, 4) is 0 Å². The number of hydrogen-bond donors (Lipinski definition) is 2. The maximum absolute atomic E-state index is 11.7. The van der Waals surface area contributed by atoms with E-state index in [2.05, 4.69) is 4.90 Å². The molecule has 1 heterocycles. The van der Waals surface area contributed by atoms with Gasteiger partial charge in [0, 0.05) is 13.1 Å². The quantitative estimate of drug-likeness (QED) is 0.866. The van der Waals surface area contributed by atoms with E-state index < -0.39 is 11.4 Å². The Labute approximate surface area is 138 Å². The molecule has 0 atom stereocenters. The van der Waals surface area contributed by atoms with Crippen molar-refractivity contribution in [2.75, 3.05) is 26.2 Å². The molecule has 1 aliphatic heterocycles. The average molecular weight is 335 g/mol. The van der Waals surface area contributed by atoms with Crippen molar-refractivity contribution in [1.29, 1.82) is 0 Å². The number of benzene rings is 1. The minimum absolute atomic E-state index is 0. The molecule has 0 radical (unpaired) electrons. The van der Waals surface area contributed by atoms with Gasteiger partial charge in [-0.15, -0.1) is 24.8 Å². The lowest BCUT2D eigenvalue weighted by atomic mass is 9.74. The van der Waals surface area contributed by atoms with Crippen LogP contribution >= 0.6 is 24.8 Å². The molecule has 0 saturated carbocycles. The van der Waals surface area contributed by atoms with E-state index in [1.54, 1.807) is 0 Å². The first-order valence-corrected chi connectivity index (χ1v) is 6.86. The summed E-state index contributed by atoms with van der Waals surface area (Å²) in [5, 5.41) is 9.62. The molecule has 1 aliphatic rings. The SMILES string of the molecule is Cl.Cl.NCCN1CCC(Cc2ccccc2)(C(=O)O)CC1. The van der Waals surface area contributed by atoms with E-state index in [9.17, 15) is 9.90 Å². The van der Waals surface area contributed by atoms with Gasteiger partial charge in [-0.3, -0.25) is 4.79 Å². The predicted octanol–water partition coefficient (Wildman–Crippen LogP) is 2.20. The number of nitrogens with zero attached hydrogens (tertiary/aromatic N) is 1. The molecule has 1 saturated heterocycles. The highest BCUT2D eigenvalue weighted by Crippen LogP contribution is 2.35. The molecule has 0 aromatic heterocycles. The molecule has 3 N–H and O–H groups in total. The highest BCUT2D eigenvalue weighted by atomic mass is 35.5. The van der Waals surface area contributed by atoms with Crippen molar-refractivity contribution in [3.05, 3.63) is 35.9 Å². The van der Waals surface area contributed by atoms with Gasteiger partial charge in [0.15, 0.2) is 0 Å². The Balaban J connectivity index is 0.00000200. The number of piperidine rings is 1. The third-order valence-corrected chi connectivity index (χ3v) is 4.10. The largest absolute Gasteiger partial charge is 0.481 e. The second kappa shape index (κ2) is 9.26. The Bertz CT molecular complexity index is 421. The van der Waals surface area contributed by atoms with Crippen LogP contribution in [0.2, 0.25) is 0 Å². The van der Waals surface area contributed by atoms with Crippen LogP contribution in [0.1, 0.15) is 18.4 Å². The van der Waals surface area contributed by atoms with Crippen LogP contribution in [0, 0.1) is 5.41 Å². The van der Waals surface area contributed by atoms with Crippen LogP contribution in [-0.4, -0.2) is 42.2 Å². The average Bonchev–Trinajstić information content (AvgIpc) is 2.42. The lowest BCUT2D eigenvalue weighted by Crippen LogP contribution is -2.46. The molecule has 2 rings (SSSR count). The van der Waals surface area contributed by atoms with Crippen molar-refractivity contribution in [3.63, 3.8) is 0 Å². The lowest BCUT2D eigenvalue weighted by Gasteiger charge is -2.38. The van der Waals surface area contributed by atoms with Gasteiger partial charge in [0.2, 0.25) is 0 Å². The maximum Gasteiger partial charge on any atom is 0.310 e. The van der Waals surface area contributed by atoms with Gasteiger partial charge >= 0.3 is 5.97 Å². The van der Waals surface area contributed by atoms with Crippen LogP contribution in [0.25, 0.3) is 0 Å². The number of aliphatic carboxylic acids is 1. The number of rotatable bonds is 5. The van der Waals surface area contributed by atoms with Crippen LogP contribution in [0.4, 0.5) is 0 Å². The zero-order chi connectivity index (χ0) is 13.7. The first-order chi connectivity index (χ1) is 9.16. The number of halogens is 2. The van der Waals surface area contributed by atoms with Crippen molar-refractivity contribution in [1.82, 2.24) is 4.90 Å². The van der Waals surface area contributed by atoms with Crippen molar-refractivity contribution in [2.24, 2.45) is 11.1 Å². The van der Waals surface area contributed by atoms with Crippen molar-refractivity contribution in [2.45, 2.75) is 19.3 Å². The number of carboxylic acid groups (broad SMARTS) is 1. The topological polar surface area (TPSA) is 66.6 Å². The third-order valence-electron chi connectivity index (χ3n) is 4.10. The predicted molar refractivity (Wildman–Crippen MR) is 89.4 cm³/mol. The van der Waals surface area contributed by atoms with Crippen LogP contribution in [0.15, 0.2) is 30.3 Å². The van der Waals surface area contributed by atoms with E-state index in [0.717, 1.165) is 25.2 Å². The Kier molecular flexibility index (Phi) is 8.90. The molecule has 0 unspecified atom stereocenters. The summed E-state index contributed by atoms with van der Waals surface area (Å²) in [6.07, 6.45) is 2.04. The monoisotopic (exact) mass is 334 g/mol. The zero-order valence-electron chi connectivity index (χ0n) is 12.0. The number of nitrogens with two attached hydrogens (primary N) is 1. The van der Waals surface area contributed by atoms with Gasteiger partial charge < -0.3 is 15.7 Å². The van der Waals surface area contributed by atoms with E-state index in [4.69, 9.17) is 5.73 Å². The Morgan fingerprint density at radius 1 is 1.19 bits per heavy atom. The van der Waals surface area contributed by atoms with Gasteiger partial charge in [-0.2, -0.15) is 0 Å². The van der Waals surface area contributed by atoms with Gasteiger partial charge in [0.25, 0.3) is 0 Å². The molecule has 120 valence electrons. The highest BCUT2D eigenvalue weighted by molar-refractivity contribution is 5.85. The number of carbonyl (C=O) groups is 1. The fourth-order valence-electron chi connectivity index (χ4n) is 2.84. The standard InChI is InChI=1S/C15H22N2O2.2ClH/c16-8-11-17-9-6-15(7-10-17,14(18)19)12-13-4-2-1-3-5-13;;/h1-5H,6-12,16H2,(H,18,19);2*1H.